The first-order valence-corrected chi connectivity index (χ1v) is 6.47. The molecule has 6 heteroatoms. The molecule has 1 N–H and O–H groups in total. The van der Waals surface area contributed by atoms with Crippen molar-refractivity contribution in [2.75, 3.05) is 0 Å². The maximum absolute atomic E-state index is 13.7. The minimum atomic E-state index is -1.06. The molecule has 0 saturated carbocycles. The first-order valence-electron chi connectivity index (χ1n) is 5.71. The molecule has 0 aliphatic heterocycles. The zero-order valence-electron chi connectivity index (χ0n) is 10.5. The van der Waals surface area contributed by atoms with Crippen LogP contribution in [0.4, 0.5) is 4.39 Å². The Balaban J connectivity index is 2.33. The third-order valence-electron chi connectivity index (χ3n) is 3.00. The van der Waals surface area contributed by atoms with Crippen LogP contribution in [0.1, 0.15) is 22.9 Å². The van der Waals surface area contributed by atoms with Gasteiger partial charge in [-0.25, -0.2) is 4.39 Å². The van der Waals surface area contributed by atoms with Gasteiger partial charge in [0.2, 0.25) is 0 Å². The van der Waals surface area contributed by atoms with Crippen molar-refractivity contribution < 1.29 is 9.50 Å². The van der Waals surface area contributed by atoms with Crippen molar-refractivity contribution in [1.29, 1.82) is 0 Å². The van der Waals surface area contributed by atoms with Gasteiger partial charge >= 0.3 is 0 Å². The Morgan fingerprint density at radius 1 is 1.42 bits per heavy atom. The van der Waals surface area contributed by atoms with Crippen molar-refractivity contribution in [3.63, 3.8) is 0 Å². The topological polar surface area (TPSA) is 38.0 Å². The minimum Gasteiger partial charge on any atom is -0.388 e. The van der Waals surface area contributed by atoms with Gasteiger partial charge in [-0.2, -0.15) is 5.10 Å². The van der Waals surface area contributed by atoms with Crippen molar-refractivity contribution in [2.24, 2.45) is 7.05 Å². The number of aliphatic hydroxyl groups excluding tert-OH is 1. The SMILES string of the molecule is Cc1nn(C)c(Cl)c1CC(O)c1c(F)cccc1Cl. The number of aryl methyl sites for hydroxylation is 2. The van der Waals surface area contributed by atoms with Crippen molar-refractivity contribution in [3.05, 3.63) is 51.0 Å². The number of hydrogen-bond donors (Lipinski definition) is 1. The molecule has 2 aromatic rings. The number of nitrogens with zero attached hydrogens (tertiary/aromatic N) is 2. The lowest BCUT2D eigenvalue weighted by molar-refractivity contribution is 0.173. The Hall–Kier alpha value is -1.10. The number of halogens is 3. The minimum absolute atomic E-state index is 0.0866. The Labute approximate surface area is 120 Å². The lowest BCUT2D eigenvalue weighted by Gasteiger charge is -2.13. The number of benzene rings is 1. The van der Waals surface area contributed by atoms with E-state index in [0.717, 1.165) is 0 Å². The molecule has 19 heavy (non-hydrogen) atoms. The predicted octanol–water partition coefficient (Wildman–Crippen LogP) is 3.45. The van der Waals surface area contributed by atoms with E-state index < -0.39 is 11.9 Å². The van der Waals surface area contributed by atoms with E-state index in [4.69, 9.17) is 23.2 Å². The number of aliphatic hydroxyl groups is 1. The Morgan fingerprint density at radius 3 is 2.63 bits per heavy atom. The molecule has 1 aromatic carbocycles. The van der Waals surface area contributed by atoms with Crippen LogP contribution in [0.3, 0.4) is 0 Å². The lowest BCUT2D eigenvalue weighted by atomic mass is 10.0. The monoisotopic (exact) mass is 302 g/mol. The van der Waals surface area contributed by atoms with Gasteiger partial charge in [0.05, 0.1) is 11.8 Å². The molecule has 0 radical (unpaired) electrons. The molecule has 0 amide bonds. The zero-order chi connectivity index (χ0) is 14.2. The van der Waals surface area contributed by atoms with Gasteiger partial charge in [-0.1, -0.05) is 29.3 Å². The van der Waals surface area contributed by atoms with Gasteiger partial charge in [-0.3, -0.25) is 4.68 Å². The highest BCUT2D eigenvalue weighted by molar-refractivity contribution is 6.31. The predicted molar refractivity (Wildman–Crippen MR) is 73.0 cm³/mol. The third kappa shape index (κ3) is 2.76. The Morgan fingerprint density at radius 2 is 2.11 bits per heavy atom. The van der Waals surface area contributed by atoms with E-state index in [-0.39, 0.29) is 17.0 Å². The second-order valence-corrected chi connectivity index (χ2v) is 5.10. The van der Waals surface area contributed by atoms with Crippen LogP contribution >= 0.6 is 23.2 Å². The lowest BCUT2D eigenvalue weighted by Crippen LogP contribution is -2.06. The summed E-state index contributed by atoms with van der Waals surface area (Å²) in [6, 6.07) is 4.30. The van der Waals surface area contributed by atoms with Crippen LogP contribution in [0, 0.1) is 12.7 Å². The second-order valence-electron chi connectivity index (χ2n) is 4.33. The molecule has 1 atom stereocenters. The summed E-state index contributed by atoms with van der Waals surface area (Å²) in [5.74, 6) is -0.530. The summed E-state index contributed by atoms with van der Waals surface area (Å²) in [5, 5.41) is 15.0. The fraction of sp³-hybridized carbons (Fsp3) is 0.308. The van der Waals surface area contributed by atoms with Crippen molar-refractivity contribution >= 4 is 23.2 Å². The summed E-state index contributed by atoms with van der Waals surface area (Å²) in [4.78, 5) is 0. The standard InChI is InChI=1S/C13H13Cl2FN2O/c1-7-8(13(15)18(2)17-7)6-11(19)12-9(14)4-3-5-10(12)16/h3-5,11,19H,6H2,1-2H3. The highest BCUT2D eigenvalue weighted by atomic mass is 35.5. The maximum Gasteiger partial charge on any atom is 0.130 e. The van der Waals surface area contributed by atoms with Gasteiger partial charge in [0.25, 0.3) is 0 Å². The van der Waals surface area contributed by atoms with E-state index in [1.165, 1.54) is 16.8 Å². The van der Waals surface area contributed by atoms with Gasteiger partial charge in [0.1, 0.15) is 11.0 Å². The summed E-state index contributed by atoms with van der Waals surface area (Å²) in [6.45, 7) is 1.79. The average molecular weight is 303 g/mol. The maximum atomic E-state index is 13.7. The van der Waals surface area contributed by atoms with E-state index >= 15 is 0 Å². The molecule has 0 spiro atoms. The summed E-state index contributed by atoms with van der Waals surface area (Å²) in [7, 11) is 1.71. The molecule has 0 aliphatic carbocycles. The Kier molecular flexibility index (Phi) is 4.13. The number of hydrogen-bond acceptors (Lipinski definition) is 2. The molecule has 0 saturated heterocycles. The summed E-state index contributed by atoms with van der Waals surface area (Å²) in [5.41, 5.74) is 1.48. The molecule has 0 bridgehead atoms. The fourth-order valence-electron chi connectivity index (χ4n) is 2.03. The van der Waals surface area contributed by atoms with Crippen LogP contribution in [-0.2, 0) is 13.5 Å². The van der Waals surface area contributed by atoms with E-state index in [1.54, 1.807) is 20.0 Å². The first kappa shape index (κ1) is 14.3. The highest BCUT2D eigenvalue weighted by Crippen LogP contribution is 2.31. The molecule has 0 fully saturated rings. The van der Waals surface area contributed by atoms with Gasteiger partial charge in [-0.05, 0) is 19.1 Å². The molecule has 1 unspecified atom stereocenters. The highest BCUT2D eigenvalue weighted by Gasteiger charge is 2.21. The molecule has 1 heterocycles. The van der Waals surface area contributed by atoms with Crippen LogP contribution in [0.2, 0.25) is 10.2 Å². The van der Waals surface area contributed by atoms with Crippen molar-refractivity contribution in [3.8, 4) is 0 Å². The van der Waals surface area contributed by atoms with Crippen LogP contribution < -0.4 is 0 Å². The quantitative estimate of drug-likeness (QED) is 0.943. The van der Waals surface area contributed by atoms with Gasteiger partial charge < -0.3 is 5.11 Å². The van der Waals surface area contributed by atoms with Crippen LogP contribution in [0.25, 0.3) is 0 Å². The second kappa shape index (κ2) is 5.49. The van der Waals surface area contributed by atoms with Crippen molar-refractivity contribution in [1.82, 2.24) is 9.78 Å². The first-order chi connectivity index (χ1) is 8.91. The van der Waals surface area contributed by atoms with Crippen LogP contribution in [0.5, 0.6) is 0 Å². The van der Waals surface area contributed by atoms with Crippen LogP contribution in [-0.4, -0.2) is 14.9 Å². The fourth-order valence-corrected chi connectivity index (χ4v) is 2.57. The van der Waals surface area contributed by atoms with E-state index in [1.807, 2.05) is 0 Å². The van der Waals surface area contributed by atoms with Gasteiger partial charge in [0.15, 0.2) is 0 Å². The smallest absolute Gasteiger partial charge is 0.130 e. The molecule has 0 aliphatic rings. The van der Waals surface area contributed by atoms with Crippen LogP contribution in [0.15, 0.2) is 18.2 Å². The molecule has 1 aromatic heterocycles. The van der Waals surface area contributed by atoms with Gasteiger partial charge in [0, 0.05) is 29.6 Å². The Bertz CT molecular complexity index is 593. The molecule has 2 rings (SSSR count). The zero-order valence-corrected chi connectivity index (χ0v) is 12.0. The molecule has 102 valence electrons. The summed E-state index contributed by atoms with van der Waals surface area (Å²) in [6.07, 6.45) is -0.895. The molecular formula is C13H13Cl2FN2O. The normalized spacial score (nSPS) is 12.7. The number of rotatable bonds is 3. The third-order valence-corrected chi connectivity index (χ3v) is 3.80. The average Bonchev–Trinajstić information content (AvgIpc) is 2.56. The number of aromatic nitrogens is 2. The van der Waals surface area contributed by atoms with E-state index in [9.17, 15) is 9.50 Å². The summed E-state index contributed by atoms with van der Waals surface area (Å²) >= 11 is 12.0. The molecule has 3 nitrogen and oxygen atoms in total. The van der Waals surface area contributed by atoms with E-state index in [2.05, 4.69) is 5.10 Å². The summed E-state index contributed by atoms with van der Waals surface area (Å²) < 4.78 is 15.2. The van der Waals surface area contributed by atoms with Crippen molar-refractivity contribution in [2.45, 2.75) is 19.4 Å². The molecular weight excluding hydrogens is 290 g/mol. The van der Waals surface area contributed by atoms with E-state index in [0.29, 0.717) is 16.4 Å². The van der Waals surface area contributed by atoms with Gasteiger partial charge in [-0.15, -0.1) is 0 Å². The largest absolute Gasteiger partial charge is 0.388 e.